The van der Waals surface area contributed by atoms with Crippen molar-refractivity contribution in [2.75, 3.05) is 0 Å². The number of carbonyl (C=O) groups is 1. The molecular weight excluding hydrogens is 246 g/mol. The molecule has 1 atom stereocenters. The van der Waals surface area contributed by atoms with E-state index in [-0.39, 0.29) is 5.92 Å². The summed E-state index contributed by atoms with van der Waals surface area (Å²) in [7, 11) is 0. The summed E-state index contributed by atoms with van der Waals surface area (Å²) < 4.78 is 0. The lowest BCUT2D eigenvalue weighted by atomic mass is 9.97. The molecule has 1 aromatic rings. The summed E-state index contributed by atoms with van der Waals surface area (Å²) >= 11 is 0. The van der Waals surface area contributed by atoms with Gasteiger partial charge in [0.05, 0.1) is 0 Å². The fourth-order valence-corrected chi connectivity index (χ4v) is 2.91. The zero-order valence-electron chi connectivity index (χ0n) is 11.8. The number of nitrogens with zero attached hydrogens (tertiary/aromatic N) is 1. The lowest BCUT2D eigenvalue weighted by molar-refractivity contribution is -0.105. The van der Waals surface area contributed by atoms with Crippen molar-refractivity contribution in [1.29, 1.82) is 0 Å². The molecule has 0 bridgehead atoms. The summed E-state index contributed by atoms with van der Waals surface area (Å²) in [5.41, 5.74) is 4.86. The second kappa shape index (κ2) is 5.49. The Hall–Kier alpha value is -2.09. The Labute approximate surface area is 120 Å². The van der Waals surface area contributed by atoms with Crippen molar-refractivity contribution in [2.45, 2.75) is 26.4 Å². The van der Waals surface area contributed by atoms with Gasteiger partial charge in [0.25, 0.3) is 0 Å². The minimum absolute atomic E-state index is 0.242. The summed E-state index contributed by atoms with van der Waals surface area (Å²) in [6.45, 7) is 4.02. The Balaban J connectivity index is 1.85. The Morgan fingerprint density at radius 1 is 1.20 bits per heavy atom. The topological polar surface area (TPSA) is 20.3 Å². The SMILES string of the molecule is CCC1C=CC(N2Cc3ccccc3C2)=CC=C1C=O. The molecular formula is C18H19NO. The molecule has 0 N–H and O–H groups in total. The van der Waals surface area contributed by atoms with Crippen molar-refractivity contribution in [3.8, 4) is 0 Å². The minimum Gasteiger partial charge on any atom is -0.363 e. The van der Waals surface area contributed by atoms with Gasteiger partial charge in [-0.3, -0.25) is 4.79 Å². The molecule has 0 fully saturated rings. The lowest BCUT2D eigenvalue weighted by Crippen LogP contribution is -2.14. The van der Waals surface area contributed by atoms with Crippen molar-refractivity contribution >= 4 is 6.29 Å². The van der Waals surface area contributed by atoms with Crippen LogP contribution in [-0.2, 0) is 17.9 Å². The summed E-state index contributed by atoms with van der Waals surface area (Å²) in [6.07, 6.45) is 10.3. The minimum atomic E-state index is 0.242. The highest BCUT2D eigenvalue weighted by atomic mass is 16.1. The van der Waals surface area contributed by atoms with Crippen LogP contribution < -0.4 is 0 Å². The number of aldehydes is 1. The number of hydrogen-bond acceptors (Lipinski definition) is 2. The third-order valence-electron chi connectivity index (χ3n) is 4.16. The van der Waals surface area contributed by atoms with E-state index >= 15 is 0 Å². The first kappa shape index (κ1) is 12.9. The van der Waals surface area contributed by atoms with Gasteiger partial charge < -0.3 is 4.90 Å². The second-order valence-electron chi connectivity index (χ2n) is 5.37. The van der Waals surface area contributed by atoms with Crippen LogP contribution in [-0.4, -0.2) is 11.2 Å². The standard InChI is InChI=1S/C18H19NO/c1-2-14-7-9-18(10-8-17(14)13-20)19-11-15-5-3-4-6-16(15)12-19/h3-10,13-14H,2,11-12H2,1H3. The fourth-order valence-electron chi connectivity index (χ4n) is 2.91. The normalized spacial score (nSPS) is 21.1. The van der Waals surface area contributed by atoms with Crippen LogP contribution in [0.3, 0.4) is 0 Å². The van der Waals surface area contributed by atoms with Crippen LogP contribution in [0.25, 0.3) is 0 Å². The molecule has 3 rings (SSSR count). The third-order valence-corrected chi connectivity index (χ3v) is 4.16. The summed E-state index contributed by atoms with van der Waals surface area (Å²) in [5, 5.41) is 0. The first-order valence-corrected chi connectivity index (χ1v) is 7.18. The highest BCUT2D eigenvalue weighted by Gasteiger charge is 2.20. The number of fused-ring (bicyclic) bond motifs is 1. The first-order chi connectivity index (χ1) is 9.81. The van der Waals surface area contributed by atoms with Crippen LogP contribution in [0.5, 0.6) is 0 Å². The van der Waals surface area contributed by atoms with Gasteiger partial charge in [-0.1, -0.05) is 43.3 Å². The second-order valence-corrected chi connectivity index (χ2v) is 5.37. The van der Waals surface area contributed by atoms with Crippen molar-refractivity contribution in [3.05, 3.63) is 71.0 Å². The number of rotatable bonds is 3. The Morgan fingerprint density at radius 2 is 1.90 bits per heavy atom. The smallest absolute Gasteiger partial charge is 0.146 e. The van der Waals surface area contributed by atoms with Gasteiger partial charge in [-0.15, -0.1) is 0 Å². The van der Waals surface area contributed by atoms with Gasteiger partial charge in [0.15, 0.2) is 0 Å². The molecule has 2 nitrogen and oxygen atoms in total. The van der Waals surface area contributed by atoms with E-state index in [0.717, 1.165) is 31.4 Å². The van der Waals surface area contributed by atoms with Gasteiger partial charge in [-0.25, -0.2) is 0 Å². The number of carbonyl (C=O) groups excluding carboxylic acids is 1. The van der Waals surface area contributed by atoms with Crippen molar-refractivity contribution in [2.24, 2.45) is 5.92 Å². The molecule has 1 heterocycles. The molecule has 0 saturated heterocycles. The van der Waals surface area contributed by atoms with E-state index < -0.39 is 0 Å². The summed E-state index contributed by atoms with van der Waals surface area (Å²) in [6, 6.07) is 8.57. The Bertz CT molecular complexity index is 585. The molecule has 1 aliphatic carbocycles. The first-order valence-electron chi connectivity index (χ1n) is 7.18. The Morgan fingerprint density at radius 3 is 2.50 bits per heavy atom. The molecule has 1 unspecified atom stereocenters. The molecule has 1 aromatic carbocycles. The fraction of sp³-hybridized carbons (Fsp3) is 0.278. The molecule has 0 saturated carbocycles. The van der Waals surface area contributed by atoms with Crippen molar-refractivity contribution in [3.63, 3.8) is 0 Å². The molecule has 0 amide bonds. The van der Waals surface area contributed by atoms with E-state index in [1.807, 2.05) is 6.08 Å². The van der Waals surface area contributed by atoms with Crippen LogP contribution >= 0.6 is 0 Å². The molecule has 2 aliphatic rings. The lowest BCUT2D eigenvalue weighted by Gasteiger charge is -2.18. The van der Waals surface area contributed by atoms with Crippen LogP contribution in [0.15, 0.2) is 59.8 Å². The average Bonchev–Trinajstić information content (AvgIpc) is 2.80. The largest absolute Gasteiger partial charge is 0.363 e. The van der Waals surface area contributed by atoms with Gasteiger partial charge in [-0.2, -0.15) is 0 Å². The van der Waals surface area contributed by atoms with Crippen LogP contribution in [0, 0.1) is 5.92 Å². The van der Waals surface area contributed by atoms with Gasteiger partial charge in [0.1, 0.15) is 6.29 Å². The zero-order valence-corrected chi connectivity index (χ0v) is 11.8. The quantitative estimate of drug-likeness (QED) is 0.778. The highest BCUT2D eigenvalue weighted by molar-refractivity contribution is 5.75. The molecule has 102 valence electrons. The van der Waals surface area contributed by atoms with E-state index in [1.165, 1.54) is 16.8 Å². The summed E-state index contributed by atoms with van der Waals surface area (Å²) in [5.74, 6) is 0.242. The van der Waals surface area contributed by atoms with E-state index in [0.29, 0.717) is 0 Å². The monoisotopic (exact) mass is 265 g/mol. The van der Waals surface area contributed by atoms with E-state index in [9.17, 15) is 4.79 Å². The van der Waals surface area contributed by atoms with E-state index in [4.69, 9.17) is 0 Å². The zero-order chi connectivity index (χ0) is 13.9. The predicted molar refractivity (Wildman–Crippen MR) is 80.8 cm³/mol. The van der Waals surface area contributed by atoms with E-state index in [1.54, 1.807) is 0 Å². The molecule has 1 aliphatic heterocycles. The van der Waals surface area contributed by atoms with Crippen molar-refractivity contribution < 1.29 is 4.79 Å². The number of benzene rings is 1. The third kappa shape index (κ3) is 2.34. The van der Waals surface area contributed by atoms with Crippen molar-refractivity contribution in [1.82, 2.24) is 4.90 Å². The van der Waals surface area contributed by atoms with E-state index in [2.05, 4.69) is 54.3 Å². The van der Waals surface area contributed by atoms with Crippen LogP contribution in [0.4, 0.5) is 0 Å². The molecule has 2 heteroatoms. The molecule has 0 aromatic heterocycles. The maximum absolute atomic E-state index is 11.1. The number of hydrogen-bond donors (Lipinski definition) is 0. The summed E-state index contributed by atoms with van der Waals surface area (Å²) in [4.78, 5) is 13.5. The Kier molecular flexibility index (Phi) is 3.55. The van der Waals surface area contributed by atoms with Crippen LogP contribution in [0.2, 0.25) is 0 Å². The number of allylic oxidation sites excluding steroid dienone is 5. The van der Waals surface area contributed by atoms with Gasteiger partial charge in [-0.05, 0) is 35.3 Å². The maximum atomic E-state index is 11.1. The van der Waals surface area contributed by atoms with Gasteiger partial charge >= 0.3 is 0 Å². The predicted octanol–water partition coefficient (Wildman–Crippen LogP) is 3.61. The van der Waals surface area contributed by atoms with Crippen LogP contribution in [0.1, 0.15) is 24.5 Å². The maximum Gasteiger partial charge on any atom is 0.146 e. The average molecular weight is 265 g/mol. The molecule has 20 heavy (non-hydrogen) atoms. The van der Waals surface area contributed by atoms with Gasteiger partial charge in [0.2, 0.25) is 0 Å². The molecule has 0 radical (unpaired) electrons. The highest BCUT2D eigenvalue weighted by Crippen LogP contribution is 2.28. The molecule has 0 spiro atoms. The van der Waals surface area contributed by atoms with Gasteiger partial charge in [0, 0.05) is 24.7 Å².